The Bertz CT molecular complexity index is 543. The van der Waals surface area contributed by atoms with E-state index in [4.69, 9.17) is 5.11 Å². The number of hydrogen-bond acceptors (Lipinski definition) is 3. The summed E-state index contributed by atoms with van der Waals surface area (Å²) in [5.41, 5.74) is -1.12. The average Bonchev–Trinajstić information content (AvgIpc) is 2.32. The Hall–Kier alpha value is -1.46. The van der Waals surface area contributed by atoms with Gasteiger partial charge in [0.2, 0.25) is 0 Å². The third kappa shape index (κ3) is 3.47. The monoisotopic (exact) mass is 312 g/mol. The van der Waals surface area contributed by atoms with Gasteiger partial charge < -0.3 is 15.3 Å². The minimum atomic E-state index is -1.45. The molecule has 0 spiro atoms. The van der Waals surface area contributed by atoms with Crippen LogP contribution in [0, 0.1) is 5.41 Å². The minimum Gasteiger partial charge on any atom is -0.478 e. The van der Waals surface area contributed by atoms with Crippen molar-refractivity contribution in [3.63, 3.8) is 0 Å². The first kappa shape index (κ1) is 18.6. The number of rotatable bonds is 4. The van der Waals surface area contributed by atoms with Crippen LogP contribution in [0.2, 0.25) is 0 Å². The maximum atomic E-state index is 13.8. The minimum absolute atomic E-state index is 0.200. The normalized spacial score (nSPS) is 30.7. The molecule has 5 heteroatoms. The molecule has 3 unspecified atom stereocenters. The van der Waals surface area contributed by atoms with E-state index >= 15 is 0 Å². The van der Waals surface area contributed by atoms with Gasteiger partial charge in [0.15, 0.2) is 0 Å². The second-order valence-electron chi connectivity index (χ2n) is 6.63. The van der Waals surface area contributed by atoms with Crippen molar-refractivity contribution in [1.29, 1.82) is 0 Å². The Kier molecular flexibility index (Phi) is 5.36. The first-order valence-electron chi connectivity index (χ1n) is 7.28. The van der Waals surface area contributed by atoms with Crippen LogP contribution in [0.3, 0.4) is 0 Å². The van der Waals surface area contributed by atoms with Gasteiger partial charge in [-0.3, -0.25) is 0 Å². The number of carboxylic acid groups (broad SMARTS) is 1. The predicted molar refractivity (Wildman–Crippen MR) is 83.2 cm³/mol. The number of allylic oxidation sites excluding steroid dienone is 2. The highest BCUT2D eigenvalue weighted by Gasteiger charge is 2.50. The van der Waals surface area contributed by atoms with Crippen molar-refractivity contribution in [2.45, 2.75) is 58.9 Å². The fourth-order valence-corrected chi connectivity index (χ4v) is 3.14. The van der Waals surface area contributed by atoms with Crippen LogP contribution in [-0.4, -0.2) is 39.2 Å². The number of alkyl halides is 1. The lowest BCUT2D eigenvalue weighted by Crippen LogP contribution is -2.51. The zero-order chi connectivity index (χ0) is 17.3. The van der Waals surface area contributed by atoms with Crippen LogP contribution in [0.25, 0.3) is 0 Å². The average molecular weight is 312 g/mol. The Morgan fingerprint density at radius 1 is 1.45 bits per heavy atom. The third-order valence-electron chi connectivity index (χ3n) is 4.47. The fourth-order valence-electron chi connectivity index (χ4n) is 3.14. The second-order valence-corrected chi connectivity index (χ2v) is 6.63. The first-order chi connectivity index (χ1) is 9.92. The molecule has 0 fully saturated rings. The maximum absolute atomic E-state index is 13.8. The molecule has 1 aliphatic rings. The van der Waals surface area contributed by atoms with Crippen LogP contribution in [0.1, 0.15) is 41.0 Å². The number of carbonyl (C=O) groups is 1. The van der Waals surface area contributed by atoms with Crippen molar-refractivity contribution < 1.29 is 24.5 Å². The Morgan fingerprint density at radius 2 is 2.00 bits per heavy atom. The molecule has 0 aromatic heterocycles. The van der Waals surface area contributed by atoms with Crippen molar-refractivity contribution in [2.75, 3.05) is 0 Å². The largest absolute Gasteiger partial charge is 0.478 e. The van der Waals surface area contributed by atoms with E-state index in [9.17, 15) is 19.4 Å². The van der Waals surface area contributed by atoms with Gasteiger partial charge in [0, 0.05) is 11.5 Å². The highest BCUT2D eigenvalue weighted by atomic mass is 19.1. The lowest BCUT2D eigenvalue weighted by molar-refractivity contribution is -0.131. The molecule has 22 heavy (non-hydrogen) atoms. The number of carboxylic acids is 1. The van der Waals surface area contributed by atoms with Gasteiger partial charge in [-0.15, -0.1) is 0 Å². The van der Waals surface area contributed by atoms with E-state index in [0.29, 0.717) is 11.1 Å². The van der Waals surface area contributed by atoms with Crippen LogP contribution in [-0.2, 0) is 4.79 Å². The van der Waals surface area contributed by atoms with Crippen molar-refractivity contribution in [3.8, 4) is 0 Å². The first-order valence-corrected chi connectivity index (χ1v) is 7.28. The molecule has 1 aliphatic carbocycles. The van der Waals surface area contributed by atoms with E-state index in [1.54, 1.807) is 27.7 Å². The molecule has 0 saturated carbocycles. The standard InChI is InChI=1S/C17H25FO4/c1-10(8-14(20)21)6-7-17(22)11(2)15(12(3)18)13(19)9-16(17,4)5/h6-8,12-13,19,22H,9H2,1-5H3,(H,20,21). The van der Waals surface area contributed by atoms with Crippen LogP contribution >= 0.6 is 0 Å². The van der Waals surface area contributed by atoms with Gasteiger partial charge in [-0.1, -0.05) is 19.9 Å². The zero-order valence-corrected chi connectivity index (χ0v) is 13.7. The summed E-state index contributed by atoms with van der Waals surface area (Å²) in [5.74, 6) is -1.07. The summed E-state index contributed by atoms with van der Waals surface area (Å²) >= 11 is 0. The van der Waals surface area contributed by atoms with Gasteiger partial charge in [-0.25, -0.2) is 9.18 Å². The number of aliphatic hydroxyl groups is 2. The summed E-state index contributed by atoms with van der Waals surface area (Å²) in [4.78, 5) is 10.7. The van der Waals surface area contributed by atoms with Gasteiger partial charge in [0.25, 0.3) is 0 Å². The Balaban J connectivity index is 3.37. The fraction of sp³-hybridized carbons (Fsp3) is 0.588. The van der Waals surface area contributed by atoms with Crippen LogP contribution in [0.5, 0.6) is 0 Å². The SMILES string of the molecule is CC(C=CC1(O)C(C)=C(C(C)F)C(O)CC1(C)C)=CC(=O)O. The molecular formula is C17H25FO4. The van der Waals surface area contributed by atoms with Gasteiger partial charge in [-0.05, 0) is 50.0 Å². The molecule has 4 nitrogen and oxygen atoms in total. The molecule has 124 valence electrons. The van der Waals surface area contributed by atoms with Crippen LogP contribution in [0.4, 0.5) is 4.39 Å². The van der Waals surface area contributed by atoms with Crippen molar-refractivity contribution in [3.05, 3.63) is 34.9 Å². The summed E-state index contributed by atoms with van der Waals surface area (Å²) < 4.78 is 13.8. The number of aliphatic hydroxyl groups excluding tert-OH is 1. The second kappa shape index (κ2) is 6.34. The van der Waals surface area contributed by atoms with Gasteiger partial charge in [-0.2, -0.15) is 0 Å². The molecule has 0 saturated heterocycles. The van der Waals surface area contributed by atoms with Gasteiger partial charge in [0.05, 0.1) is 6.10 Å². The van der Waals surface area contributed by atoms with Gasteiger partial charge in [0.1, 0.15) is 11.8 Å². The van der Waals surface area contributed by atoms with E-state index in [1.165, 1.54) is 19.1 Å². The van der Waals surface area contributed by atoms with E-state index in [-0.39, 0.29) is 12.0 Å². The van der Waals surface area contributed by atoms with E-state index < -0.39 is 29.3 Å². The number of aliphatic carboxylic acids is 1. The van der Waals surface area contributed by atoms with E-state index in [0.717, 1.165) is 6.08 Å². The van der Waals surface area contributed by atoms with E-state index in [2.05, 4.69) is 0 Å². The molecule has 0 amide bonds. The highest BCUT2D eigenvalue weighted by Crippen LogP contribution is 2.48. The summed E-state index contributed by atoms with van der Waals surface area (Å²) in [6.45, 7) is 8.13. The van der Waals surface area contributed by atoms with Crippen LogP contribution in [0.15, 0.2) is 34.9 Å². The third-order valence-corrected chi connectivity index (χ3v) is 4.47. The number of halogens is 1. The maximum Gasteiger partial charge on any atom is 0.328 e. The molecule has 0 radical (unpaired) electrons. The van der Waals surface area contributed by atoms with Crippen LogP contribution < -0.4 is 0 Å². The molecule has 1 rings (SSSR count). The molecule has 0 bridgehead atoms. The molecular weight excluding hydrogens is 287 g/mol. The lowest BCUT2D eigenvalue weighted by Gasteiger charge is -2.48. The quantitative estimate of drug-likeness (QED) is 0.424. The highest BCUT2D eigenvalue weighted by molar-refractivity contribution is 5.81. The zero-order valence-electron chi connectivity index (χ0n) is 13.7. The summed E-state index contributed by atoms with van der Waals surface area (Å²) in [6, 6.07) is 0. The van der Waals surface area contributed by atoms with E-state index in [1.807, 2.05) is 0 Å². The Labute approximate surface area is 130 Å². The molecule has 0 aromatic rings. The molecule has 0 aliphatic heterocycles. The Morgan fingerprint density at radius 3 is 2.45 bits per heavy atom. The summed E-state index contributed by atoms with van der Waals surface area (Å²) in [5, 5.41) is 30.0. The summed E-state index contributed by atoms with van der Waals surface area (Å²) in [6.07, 6.45) is 1.96. The molecule has 0 heterocycles. The smallest absolute Gasteiger partial charge is 0.328 e. The predicted octanol–water partition coefficient (Wildman–Crippen LogP) is 2.77. The van der Waals surface area contributed by atoms with Crippen molar-refractivity contribution >= 4 is 5.97 Å². The molecule has 0 aromatic carbocycles. The topological polar surface area (TPSA) is 77.8 Å². The van der Waals surface area contributed by atoms with Gasteiger partial charge >= 0.3 is 5.97 Å². The van der Waals surface area contributed by atoms with Crippen molar-refractivity contribution in [2.24, 2.45) is 5.41 Å². The lowest BCUT2D eigenvalue weighted by atomic mass is 9.61. The van der Waals surface area contributed by atoms with Crippen molar-refractivity contribution in [1.82, 2.24) is 0 Å². The molecule has 3 N–H and O–H groups in total. The molecule has 3 atom stereocenters. The summed E-state index contributed by atoms with van der Waals surface area (Å²) in [7, 11) is 0. The number of hydrogen-bond donors (Lipinski definition) is 3.